The quantitative estimate of drug-likeness (QED) is 0.403. The van der Waals surface area contributed by atoms with Crippen molar-refractivity contribution in [3.8, 4) is 0 Å². The third-order valence-electron chi connectivity index (χ3n) is 0. The summed E-state index contributed by atoms with van der Waals surface area (Å²) in [6.07, 6.45) is 0. The molecule has 0 aromatic carbocycles. The van der Waals surface area contributed by atoms with E-state index in [4.69, 9.17) is 0 Å². The van der Waals surface area contributed by atoms with Crippen molar-refractivity contribution in [1.29, 1.82) is 0 Å². The van der Waals surface area contributed by atoms with Crippen LogP contribution >= 0.6 is 0 Å². The summed E-state index contributed by atoms with van der Waals surface area (Å²) in [5, 5.41) is 0. The molecule has 0 rings (SSSR count). The van der Waals surface area contributed by atoms with Crippen LogP contribution in [0.1, 0.15) is 0 Å². The summed E-state index contributed by atoms with van der Waals surface area (Å²) in [6, 6.07) is 0. The average molecular weight is 133 g/mol. The standard InChI is InChI=1S/C2H8GeSi/c1-3(2)4/h4H2,1-2H3. The summed E-state index contributed by atoms with van der Waals surface area (Å²) in [7, 11) is 2.17. The van der Waals surface area contributed by atoms with Gasteiger partial charge in [0.2, 0.25) is 0 Å². The molecule has 0 N–H and O–H groups in total. The Labute approximate surface area is 33.6 Å². The van der Waals surface area contributed by atoms with E-state index < -0.39 is 0 Å². The van der Waals surface area contributed by atoms with Gasteiger partial charge in [0, 0.05) is 0 Å². The monoisotopic (exact) mass is 134 g/mol. The molecule has 0 aliphatic rings. The maximum absolute atomic E-state index is 2.35. The van der Waals surface area contributed by atoms with E-state index >= 15 is 0 Å². The first-order chi connectivity index (χ1) is 1.73. The first-order valence-corrected chi connectivity index (χ1v) is 10.7. The van der Waals surface area contributed by atoms with E-state index in [-0.39, 0.29) is 13.2 Å². The fraction of sp³-hybridized carbons (Fsp3) is 1.00. The average Bonchev–Trinajstić information content (AvgIpc) is 0.811. The molecule has 0 bridgehead atoms. The minimum absolute atomic E-state index is 0.306. The Hall–Kier alpha value is 0.760. The Morgan fingerprint density at radius 1 is 1.50 bits per heavy atom. The fourth-order valence-electron chi connectivity index (χ4n) is 0. The molecule has 24 valence electrons. The molecule has 4 heavy (non-hydrogen) atoms. The number of hydrogen-bond donors (Lipinski definition) is 0. The molecule has 0 fully saturated rings. The summed E-state index contributed by atoms with van der Waals surface area (Å²) in [4.78, 5) is 0. The van der Waals surface area contributed by atoms with E-state index in [9.17, 15) is 0 Å². The molecule has 0 atom stereocenters. The summed E-state index contributed by atoms with van der Waals surface area (Å²) in [5.74, 6) is 4.69. The summed E-state index contributed by atoms with van der Waals surface area (Å²) >= 11 is -0.306. The number of rotatable bonds is 0. The van der Waals surface area contributed by atoms with Crippen LogP contribution < -0.4 is 0 Å². The zero-order chi connectivity index (χ0) is 3.58. The molecule has 0 radical (unpaired) electrons. The van der Waals surface area contributed by atoms with Gasteiger partial charge in [0.1, 0.15) is 0 Å². The zero-order valence-corrected chi connectivity index (χ0v) is 6.72. The van der Waals surface area contributed by atoms with E-state index in [0.29, 0.717) is 0 Å². The van der Waals surface area contributed by atoms with Crippen molar-refractivity contribution in [3.05, 3.63) is 0 Å². The Kier molecular flexibility index (Phi) is 2.41. The van der Waals surface area contributed by atoms with Gasteiger partial charge in [0.05, 0.1) is 0 Å². The van der Waals surface area contributed by atoms with Crippen molar-refractivity contribution in [1.82, 2.24) is 0 Å². The molecular formula is C2H8GeSi. The van der Waals surface area contributed by atoms with Crippen molar-refractivity contribution in [2.45, 2.75) is 11.5 Å². The molecule has 0 amide bonds. The topological polar surface area (TPSA) is 0 Å². The van der Waals surface area contributed by atoms with Crippen molar-refractivity contribution < 1.29 is 0 Å². The second kappa shape index (κ2) is 2.03. The number of hydrogen-bond acceptors (Lipinski definition) is 0. The van der Waals surface area contributed by atoms with Gasteiger partial charge >= 0.3 is 33.0 Å². The molecular weight excluding hydrogens is 125 g/mol. The van der Waals surface area contributed by atoms with Gasteiger partial charge in [-0.25, -0.2) is 0 Å². The fourth-order valence-corrected chi connectivity index (χ4v) is 0. The van der Waals surface area contributed by atoms with E-state index in [1.807, 2.05) is 0 Å². The SMILES string of the molecule is [CH3][Ge]([CH3])=[SiH2]. The molecule has 2 heteroatoms. The molecule has 0 saturated heterocycles. The van der Waals surface area contributed by atoms with Crippen LogP contribution in [0, 0.1) is 0 Å². The normalized spacial score (nSPS) is 6.50. The summed E-state index contributed by atoms with van der Waals surface area (Å²) in [6.45, 7) is 0. The molecule has 0 aliphatic heterocycles. The zero-order valence-electron chi connectivity index (χ0n) is 3.21. The van der Waals surface area contributed by atoms with Gasteiger partial charge in [-0.2, -0.15) is 0 Å². The van der Waals surface area contributed by atoms with Crippen molar-refractivity contribution in [2.75, 3.05) is 0 Å². The summed E-state index contributed by atoms with van der Waals surface area (Å²) < 4.78 is 0. The van der Waals surface area contributed by atoms with Crippen LogP contribution in [0.25, 0.3) is 0 Å². The van der Waals surface area contributed by atoms with Crippen LogP contribution in [-0.4, -0.2) is 21.5 Å². The van der Waals surface area contributed by atoms with Gasteiger partial charge in [-0.1, -0.05) is 0 Å². The van der Waals surface area contributed by atoms with Gasteiger partial charge in [0.25, 0.3) is 0 Å². The van der Waals surface area contributed by atoms with Crippen LogP contribution in [0.3, 0.4) is 0 Å². The van der Waals surface area contributed by atoms with Crippen LogP contribution in [0.4, 0.5) is 0 Å². The Balaban J connectivity index is 2.80. The molecule has 0 heterocycles. The van der Waals surface area contributed by atoms with E-state index in [1.54, 1.807) is 0 Å². The second-order valence-electron chi connectivity index (χ2n) is 1.21. The van der Waals surface area contributed by atoms with Gasteiger partial charge in [-0.15, -0.1) is 0 Å². The summed E-state index contributed by atoms with van der Waals surface area (Å²) in [5.41, 5.74) is 0. The van der Waals surface area contributed by atoms with Gasteiger partial charge in [-0.3, -0.25) is 0 Å². The predicted molar refractivity (Wildman–Crippen MR) is 26.0 cm³/mol. The van der Waals surface area contributed by atoms with Crippen LogP contribution in [0.5, 0.6) is 0 Å². The molecule has 0 saturated carbocycles. The van der Waals surface area contributed by atoms with Crippen molar-refractivity contribution in [3.63, 3.8) is 0 Å². The molecule has 0 aromatic rings. The van der Waals surface area contributed by atoms with Crippen molar-refractivity contribution in [2.24, 2.45) is 0 Å². The third-order valence-corrected chi connectivity index (χ3v) is 0. The van der Waals surface area contributed by atoms with Crippen LogP contribution in [0.2, 0.25) is 11.5 Å². The molecule has 0 spiro atoms. The molecule has 0 aromatic heterocycles. The van der Waals surface area contributed by atoms with Crippen LogP contribution in [0.15, 0.2) is 0 Å². The van der Waals surface area contributed by atoms with Gasteiger partial charge in [-0.05, 0) is 0 Å². The first-order valence-electron chi connectivity index (χ1n) is 1.35. The predicted octanol–water partition coefficient (Wildman–Crippen LogP) is -0.129. The van der Waals surface area contributed by atoms with Crippen molar-refractivity contribution >= 4 is 21.5 Å². The minimum atomic E-state index is -0.306. The van der Waals surface area contributed by atoms with Crippen LogP contribution in [-0.2, 0) is 0 Å². The Bertz CT molecular complexity index is 29.0. The Morgan fingerprint density at radius 2 is 1.50 bits per heavy atom. The van der Waals surface area contributed by atoms with E-state index in [2.05, 4.69) is 19.8 Å². The third kappa shape index (κ3) is 14.8. The van der Waals surface area contributed by atoms with E-state index in [1.165, 1.54) is 0 Å². The first kappa shape index (κ1) is 4.76. The van der Waals surface area contributed by atoms with Gasteiger partial charge in [0.15, 0.2) is 0 Å². The molecule has 0 unspecified atom stereocenters. The second-order valence-corrected chi connectivity index (χ2v) is 13.6. The Morgan fingerprint density at radius 3 is 1.50 bits per heavy atom. The molecule has 0 nitrogen and oxygen atoms in total. The molecule has 0 aliphatic carbocycles. The van der Waals surface area contributed by atoms with E-state index in [0.717, 1.165) is 0 Å². The maximum atomic E-state index is 2.35. The van der Waals surface area contributed by atoms with Gasteiger partial charge < -0.3 is 0 Å².